The SMILES string of the molecule is COc1cc(C(=O)O)cc(NC(=O)CCc2cscn2)c1OC. The minimum absolute atomic E-state index is 0.00236. The highest BCUT2D eigenvalue weighted by Gasteiger charge is 2.17. The number of aromatic carboxylic acids is 1. The number of anilines is 1. The number of hydrogen-bond acceptors (Lipinski definition) is 6. The lowest BCUT2D eigenvalue weighted by molar-refractivity contribution is -0.116. The number of aryl methyl sites for hydroxylation is 1. The number of carboxylic acid groups (broad SMARTS) is 1. The lowest BCUT2D eigenvalue weighted by Crippen LogP contribution is -2.14. The van der Waals surface area contributed by atoms with Gasteiger partial charge in [0.25, 0.3) is 0 Å². The van der Waals surface area contributed by atoms with E-state index in [-0.39, 0.29) is 35.1 Å². The van der Waals surface area contributed by atoms with Crippen LogP contribution < -0.4 is 14.8 Å². The third-order valence-electron chi connectivity index (χ3n) is 3.09. The van der Waals surface area contributed by atoms with Crippen molar-refractivity contribution in [3.05, 3.63) is 34.3 Å². The van der Waals surface area contributed by atoms with Gasteiger partial charge in [0.1, 0.15) is 0 Å². The summed E-state index contributed by atoms with van der Waals surface area (Å²) < 4.78 is 10.3. The largest absolute Gasteiger partial charge is 0.493 e. The number of rotatable bonds is 7. The molecule has 2 N–H and O–H groups in total. The number of nitrogens with zero attached hydrogens (tertiary/aromatic N) is 1. The van der Waals surface area contributed by atoms with Crippen molar-refractivity contribution >= 4 is 28.9 Å². The molecule has 1 heterocycles. The molecule has 0 aliphatic heterocycles. The molecule has 1 amide bonds. The summed E-state index contributed by atoms with van der Waals surface area (Å²) in [6, 6.07) is 2.68. The van der Waals surface area contributed by atoms with Crippen molar-refractivity contribution in [2.45, 2.75) is 12.8 Å². The minimum Gasteiger partial charge on any atom is -0.493 e. The molecule has 0 aliphatic rings. The van der Waals surface area contributed by atoms with Gasteiger partial charge in [-0.05, 0) is 18.6 Å². The van der Waals surface area contributed by atoms with E-state index in [2.05, 4.69) is 10.3 Å². The van der Waals surface area contributed by atoms with Gasteiger partial charge in [0.15, 0.2) is 11.5 Å². The van der Waals surface area contributed by atoms with Crippen molar-refractivity contribution in [3.63, 3.8) is 0 Å². The van der Waals surface area contributed by atoms with Crippen molar-refractivity contribution < 1.29 is 24.2 Å². The molecule has 0 bridgehead atoms. The van der Waals surface area contributed by atoms with Crippen molar-refractivity contribution in [3.8, 4) is 11.5 Å². The minimum atomic E-state index is -1.12. The summed E-state index contributed by atoms with van der Waals surface area (Å²) in [4.78, 5) is 27.4. The maximum Gasteiger partial charge on any atom is 0.335 e. The van der Waals surface area contributed by atoms with E-state index in [0.717, 1.165) is 5.69 Å². The molecule has 0 fully saturated rings. The van der Waals surface area contributed by atoms with Crippen LogP contribution in [0.5, 0.6) is 11.5 Å². The maximum absolute atomic E-state index is 12.1. The van der Waals surface area contributed by atoms with Crippen LogP contribution in [0.2, 0.25) is 0 Å². The molecule has 0 saturated heterocycles. The summed E-state index contributed by atoms with van der Waals surface area (Å²) in [5, 5.41) is 13.7. The molecule has 0 saturated carbocycles. The molecule has 0 spiro atoms. The summed E-state index contributed by atoms with van der Waals surface area (Å²) in [6.45, 7) is 0. The fourth-order valence-electron chi connectivity index (χ4n) is 2.00. The standard InChI is InChI=1S/C15H16N2O5S/c1-21-12-6-9(15(19)20)5-11(14(12)22-2)17-13(18)4-3-10-7-23-8-16-10/h5-8H,3-4H2,1-2H3,(H,17,18)(H,19,20). The van der Waals surface area contributed by atoms with Crippen LogP contribution in [0, 0.1) is 0 Å². The molecular weight excluding hydrogens is 320 g/mol. The van der Waals surface area contributed by atoms with Crippen LogP contribution in [0.4, 0.5) is 5.69 Å². The summed E-state index contributed by atoms with van der Waals surface area (Å²) >= 11 is 1.47. The summed E-state index contributed by atoms with van der Waals surface area (Å²) in [6.07, 6.45) is 0.736. The number of methoxy groups -OCH3 is 2. The van der Waals surface area contributed by atoms with Crippen molar-refractivity contribution in [2.24, 2.45) is 0 Å². The topological polar surface area (TPSA) is 97.8 Å². The number of amides is 1. The monoisotopic (exact) mass is 336 g/mol. The number of benzene rings is 1. The molecule has 0 radical (unpaired) electrons. The van der Waals surface area contributed by atoms with Crippen LogP contribution in [0.15, 0.2) is 23.0 Å². The van der Waals surface area contributed by atoms with Gasteiger partial charge in [-0.3, -0.25) is 4.79 Å². The van der Waals surface area contributed by atoms with Crippen LogP contribution in [0.1, 0.15) is 22.5 Å². The lowest BCUT2D eigenvalue weighted by atomic mass is 10.1. The molecule has 2 aromatic rings. The molecule has 0 unspecified atom stereocenters. The van der Waals surface area contributed by atoms with E-state index in [9.17, 15) is 9.59 Å². The zero-order chi connectivity index (χ0) is 16.8. The second-order valence-corrected chi connectivity index (χ2v) is 5.31. The van der Waals surface area contributed by atoms with Crippen LogP contribution >= 0.6 is 11.3 Å². The van der Waals surface area contributed by atoms with Gasteiger partial charge in [-0.15, -0.1) is 11.3 Å². The predicted molar refractivity (Wildman–Crippen MR) is 85.6 cm³/mol. The summed E-state index contributed by atoms with van der Waals surface area (Å²) in [5.74, 6) is -0.869. The number of aromatic nitrogens is 1. The van der Waals surface area contributed by atoms with E-state index < -0.39 is 5.97 Å². The van der Waals surface area contributed by atoms with Gasteiger partial charge < -0.3 is 19.9 Å². The second-order valence-electron chi connectivity index (χ2n) is 4.59. The van der Waals surface area contributed by atoms with E-state index in [4.69, 9.17) is 14.6 Å². The lowest BCUT2D eigenvalue weighted by Gasteiger charge is -2.14. The smallest absolute Gasteiger partial charge is 0.335 e. The summed E-state index contributed by atoms with van der Waals surface area (Å²) in [5.41, 5.74) is 2.80. The molecule has 2 rings (SSSR count). The number of ether oxygens (including phenoxy) is 2. The fraction of sp³-hybridized carbons (Fsp3) is 0.267. The Labute approximate surface area is 136 Å². The van der Waals surface area contributed by atoms with E-state index in [1.807, 2.05) is 5.38 Å². The average Bonchev–Trinajstić information content (AvgIpc) is 3.05. The number of carbonyl (C=O) groups is 2. The Kier molecular flexibility index (Phi) is 5.53. The number of carboxylic acids is 1. The van der Waals surface area contributed by atoms with Crippen molar-refractivity contribution in [1.29, 1.82) is 0 Å². The third kappa shape index (κ3) is 4.19. The highest BCUT2D eigenvalue weighted by atomic mass is 32.1. The van der Waals surface area contributed by atoms with Gasteiger partial charge in [0.05, 0.1) is 36.7 Å². The Hall–Kier alpha value is -2.61. The number of hydrogen-bond donors (Lipinski definition) is 2. The highest BCUT2D eigenvalue weighted by molar-refractivity contribution is 7.07. The van der Waals surface area contributed by atoms with Crippen LogP contribution in [0.3, 0.4) is 0 Å². The second kappa shape index (κ2) is 7.59. The van der Waals surface area contributed by atoms with E-state index >= 15 is 0 Å². The first kappa shape index (κ1) is 16.8. The highest BCUT2D eigenvalue weighted by Crippen LogP contribution is 2.36. The van der Waals surface area contributed by atoms with Gasteiger partial charge in [-0.2, -0.15) is 0 Å². The van der Waals surface area contributed by atoms with Gasteiger partial charge in [-0.25, -0.2) is 9.78 Å². The van der Waals surface area contributed by atoms with E-state index in [0.29, 0.717) is 6.42 Å². The first-order chi connectivity index (χ1) is 11.0. The van der Waals surface area contributed by atoms with Crippen LogP contribution in [-0.4, -0.2) is 36.2 Å². The normalized spacial score (nSPS) is 10.2. The molecule has 0 atom stereocenters. The van der Waals surface area contributed by atoms with Crippen LogP contribution in [-0.2, 0) is 11.2 Å². The van der Waals surface area contributed by atoms with Gasteiger partial charge >= 0.3 is 5.97 Å². The van der Waals surface area contributed by atoms with E-state index in [1.165, 1.54) is 37.7 Å². The maximum atomic E-state index is 12.1. The predicted octanol–water partition coefficient (Wildman–Crippen LogP) is 2.43. The first-order valence-corrected chi connectivity index (χ1v) is 7.65. The Morgan fingerprint density at radius 3 is 2.65 bits per heavy atom. The van der Waals surface area contributed by atoms with Gasteiger partial charge in [-0.1, -0.05) is 0 Å². The van der Waals surface area contributed by atoms with E-state index in [1.54, 1.807) is 5.51 Å². The Balaban J connectivity index is 2.17. The Bertz CT molecular complexity index is 700. The number of thiazole rings is 1. The number of nitrogens with one attached hydrogen (secondary N) is 1. The molecule has 7 nitrogen and oxygen atoms in total. The third-order valence-corrected chi connectivity index (χ3v) is 3.73. The van der Waals surface area contributed by atoms with Crippen molar-refractivity contribution in [1.82, 2.24) is 4.98 Å². The zero-order valence-corrected chi connectivity index (χ0v) is 13.5. The summed E-state index contributed by atoms with van der Waals surface area (Å²) in [7, 11) is 2.82. The van der Waals surface area contributed by atoms with Crippen LogP contribution in [0.25, 0.3) is 0 Å². The molecular formula is C15H16N2O5S. The quantitative estimate of drug-likeness (QED) is 0.806. The molecule has 1 aromatic carbocycles. The van der Waals surface area contributed by atoms with Gasteiger partial charge in [0, 0.05) is 11.8 Å². The molecule has 0 aliphatic carbocycles. The average molecular weight is 336 g/mol. The Morgan fingerprint density at radius 2 is 2.09 bits per heavy atom. The Morgan fingerprint density at radius 1 is 1.30 bits per heavy atom. The van der Waals surface area contributed by atoms with Gasteiger partial charge in [0.2, 0.25) is 5.91 Å². The molecule has 122 valence electrons. The van der Waals surface area contributed by atoms with Crippen molar-refractivity contribution in [2.75, 3.05) is 19.5 Å². The fourth-order valence-corrected chi connectivity index (χ4v) is 2.59. The zero-order valence-electron chi connectivity index (χ0n) is 12.7. The first-order valence-electron chi connectivity index (χ1n) is 6.71. The molecule has 8 heteroatoms. The molecule has 23 heavy (non-hydrogen) atoms. The molecule has 1 aromatic heterocycles. The number of carbonyl (C=O) groups excluding carboxylic acids is 1.